The number of amides is 2. The highest BCUT2D eigenvalue weighted by atomic mass is 16.3. The molecule has 0 aliphatic carbocycles. The van der Waals surface area contributed by atoms with Gasteiger partial charge < -0.3 is 20.8 Å². The van der Waals surface area contributed by atoms with Crippen LogP contribution in [0.1, 0.15) is 24.8 Å². The summed E-state index contributed by atoms with van der Waals surface area (Å²) in [5.41, 5.74) is 0.619. The third-order valence-electron chi connectivity index (χ3n) is 3.62. The number of phenols is 2. The van der Waals surface area contributed by atoms with Crippen LogP contribution in [0.4, 0.5) is 0 Å². The Hall–Kier alpha value is -2.50. The number of benzene rings is 1. The number of carbonyl (C=O) groups excluding carboxylic acids is 2. The summed E-state index contributed by atoms with van der Waals surface area (Å²) >= 11 is 0. The molecule has 1 fully saturated rings. The number of hydrogen-bond donors (Lipinski definition) is 4. The molecule has 6 nitrogen and oxygen atoms in total. The van der Waals surface area contributed by atoms with Crippen molar-refractivity contribution in [3.05, 3.63) is 29.8 Å². The van der Waals surface area contributed by atoms with Crippen molar-refractivity contribution in [2.45, 2.75) is 19.3 Å². The Bertz CT molecular complexity index is 584. The van der Waals surface area contributed by atoms with Crippen molar-refractivity contribution >= 4 is 17.9 Å². The van der Waals surface area contributed by atoms with Crippen molar-refractivity contribution in [3.63, 3.8) is 0 Å². The molecule has 0 bridgehead atoms. The number of carbonyl (C=O) groups is 2. The fraction of sp³-hybridized carbons (Fsp3) is 0.375. The summed E-state index contributed by atoms with van der Waals surface area (Å²) in [6, 6.07) is 4.33. The molecule has 2 amide bonds. The molecule has 0 radical (unpaired) electrons. The summed E-state index contributed by atoms with van der Waals surface area (Å²) in [5.74, 6) is -0.468. The van der Waals surface area contributed by atoms with Crippen LogP contribution in [0.3, 0.4) is 0 Å². The number of nitrogens with one attached hydrogen (secondary N) is 2. The van der Waals surface area contributed by atoms with Gasteiger partial charge in [0.25, 0.3) is 0 Å². The molecular weight excluding hydrogens is 284 g/mol. The highest BCUT2D eigenvalue weighted by Crippen LogP contribution is 2.25. The second kappa shape index (κ2) is 7.49. The first-order valence-corrected chi connectivity index (χ1v) is 7.32. The summed E-state index contributed by atoms with van der Waals surface area (Å²) in [6.45, 7) is 1.27. The Balaban J connectivity index is 1.70. The predicted octanol–water partition coefficient (Wildman–Crippen LogP) is 1.14. The first kappa shape index (κ1) is 15.9. The highest BCUT2D eigenvalue weighted by molar-refractivity contribution is 5.91. The standard InChI is InChI=1S/C16H20N2O4/c19-13-5-3-11(10-14(13)20)4-6-15(21)17-8-1-2-12-7-9-18-16(12)22/h3-6,10,12,19-20H,1-2,7-9H2,(H,17,21)(H,18,22)/b6-4+. The maximum atomic E-state index is 11.6. The molecule has 4 N–H and O–H groups in total. The summed E-state index contributed by atoms with van der Waals surface area (Å²) in [6.07, 6.45) is 5.34. The van der Waals surface area contributed by atoms with E-state index in [9.17, 15) is 19.8 Å². The van der Waals surface area contributed by atoms with Gasteiger partial charge in [0.1, 0.15) is 0 Å². The van der Waals surface area contributed by atoms with Crippen molar-refractivity contribution in [1.29, 1.82) is 0 Å². The molecule has 2 rings (SSSR count). The molecule has 1 unspecified atom stereocenters. The van der Waals surface area contributed by atoms with Crippen molar-refractivity contribution in [2.75, 3.05) is 13.1 Å². The van der Waals surface area contributed by atoms with Crippen LogP contribution in [-0.2, 0) is 9.59 Å². The molecule has 1 saturated heterocycles. The van der Waals surface area contributed by atoms with Crippen LogP contribution >= 0.6 is 0 Å². The minimum Gasteiger partial charge on any atom is -0.504 e. The van der Waals surface area contributed by atoms with Gasteiger partial charge in [-0.2, -0.15) is 0 Å². The van der Waals surface area contributed by atoms with Gasteiger partial charge in [-0.05, 0) is 43.0 Å². The van der Waals surface area contributed by atoms with Crippen molar-refractivity contribution < 1.29 is 19.8 Å². The zero-order valence-corrected chi connectivity index (χ0v) is 12.2. The summed E-state index contributed by atoms with van der Waals surface area (Å²) in [5, 5.41) is 24.1. The molecule has 1 aromatic rings. The molecule has 1 aromatic carbocycles. The third kappa shape index (κ3) is 4.51. The van der Waals surface area contributed by atoms with Gasteiger partial charge in [-0.3, -0.25) is 9.59 Å². The average molecular weight is 304 g/mol. The average Bonchev–Trinajstić information content (AvgIpc) is 2.90. The lowest BCUT2D eigenvalue weighted by Gasteiger charge is -2.06. The quantitative estimate of drug-likeness (QED) is 0.360. The predicted molar refractivity (Wildman–Crippen MR) is 82.2 cm³/mol. The lowest BCUT2D eigenvalue weighted by atomic mass is 10.0. The van der Waals surface area contributed by atoms with E-state index in [2.05, 4.69) is 10.6 Å². The number of rotatable bonds is 6. The fourth-order valence-electron chi connectivity index (χ4n) is 2.36. The molecule has 1 aliphatic rings. The van der Waals surface area contributed by atoms with Gasteiger partial charge in [-0.1, -0.05) is 6.07 Å². The van der Waals surface area contributed by atoms with E-state index in [0.29, 0.717) is 12.1 Å². The topological polar surface area (TPSA) is 98.7 Å². The largest absolute Gasteiger partial charge is 0.504 e. The minimum atomic E-state index is -0.233. The molecular formula is C16H20N2O4. The van der Waals surface area contributed by atoms with Crippen molar-refractivity contribution in [2.24, 2.45) is 5.92 Å². The van der Waals surface area contributed by atoms with Crippen LogP contribution in [0.15, 0.2) is 24.3 Å². The molecule has 1 atom stereocenters. The Morgan fingerprint density at radius 2 is 2.18 bits per heavy atom. The minimum absolute atomic E-state index is 0.0763. The van der Waals surface area contributed by atoms with Crippen LogP contribution in [0.25, 0.3) is 6.08 Å². The summed E-state index contributed by atoms with van der Waals surface area (Å²) < 4.78 is 0. The molecule has 0 saturated carbocycles. The molecule has 0 spiro atoms. The molecule has 1 aliphatic heterocycles. The van der Waals surface area contributed by atoms with Gasteiger partial charge >= 0.3 is 0 Å². The van der Waals surface area contributed by atoms with E-state index in [1.165, 1.54) is 18.2 Å². The van der Waals surface area contributed by atoms with Gasteiger partial charge in [-0.25, -0.2) is 0 Å². The van der Waals surface area contributed by atoms with E-state index in [1.807, 2.05) is 0 Å². The SMILES string of the molecule is O=C(/C=C/c1ccc(O)c(O)c1)NCCCC1CCNC1=O. The number of phenolic OH excluding ortho intramolecular Hbond substituents is 2. The third-order valence-corrected chi connectivity index (χ3v) is 3.62. The lowest BCUT2D eigenvalue weighted by molar-refractivity contribution is -0.122. The Morgan fingerprint density at radius 1 is 1.36 bits per heavy atom. The monoisotopic (exact) mass is 304 g/mol. The van der Waals surface area contributed by atoms with Crippen molar-refractivity contribution in [1.82, 2.24) is 10.6 Å². The van der Waals surface area contributed by atoms with Gasteiger partial charge in [-0.15, -0.1) is 0 Å². The molecule has 0 aromatic heterocycles. The second-order valence-electron chi connectivity index (χ2n) is 5.29. The zero-order valence-electron chi connectivity index (χ0n) is 12.2. The summed E-state index contributed by atoms with van der Waals surface area (Å²) in [4.78, 5) is 23.0. The van der Waals surface area contributed by atoms with Gasteiger partial charge in [0.15, 0.2) is 11.5 Å². The first-order chi connectivity index (χ1) is 10.6. The second-order valence-corrected chi connectivity index (χ2v) is 5.29. The van der Waals surface area contributed by atoms with E-state index in [0.717, 1.165) is 25.8 Å². The van der Waals surface area contributed by atoms with E-state index < -0.39 is 0 Å². The van der Waals surface area contributed by atoms with Crippen LogP contribution in [0, 0.1) is 5.92 Å². The van der Waals surface area contributed by atoms with Crippen molar-refractivity contribution in [3.8, 4) is 11.5 Å². The Kier molecular flexibility index (Phi) is 5.41. The molecule has 118 valence electrons. The van der Waals surface area contributed by atoms with Gasteiger partial charge in [0.2, 0.25) is 11.8 Å². The lowest BCUT2D eigenvalue weighted by Crippen LogP contribution is -2.24. The van der Waals surface area contributed by atoms with E-state index in [-0.39, 0.29) is 29.2 Å². The Labute approximate surface area is 128 Å². The van der Waals surface area contributed by atoms with E-state index in [4.69, 9.17) is 0 Å². The van der Waals surface area contributed by atoms with E-state index in [1.54, 1.807) is 12.1 Å². The van der Waals surface area contributed by atoms with Crippen LogP contribution in [0.2, 0.25) is 0 Å². The number of aromatic hydroxyl groups is 2. The van der Waals surface area contributed by atoms with E-state index >= 15 is 0 Å². The van der Waals surface area contributed by atoms with Crippen LogP contribution in [0.5, 0.6) is 11.5 Å². The zero-order chi connectivity index (χ0) is 15.9. The molecule has 22 heavy (non-hydrogen) atoms. The number of hydrogen-bond acceptors (Lipinski definition) is 4. The highest BCUT2D eigenvalue weighted by Gasteiger charge is 2.22. The molecule has 6 heteroatoms. The van der Waals surface area contributed by atoms with Gasteiger partial charge in [0, 0.05) is 25.1 Å². The molecule has 1 heterocycles. The summed E-state index contributed by atoms with van der Waals surface area (Å²) in [7, 11) is 0. The van der Waals surface area contributed by atoms with Gasteiger partial charge in [0.05, 0.1) is 0 Å². The fourth-order valence-corrected chi connectivity index (χ4v) is 2.36. The maximum Gasteiger partial charge on any atom is 0.243 e. The smallest absolute Gasteiger partial charge is 0.243 e. The normalized spacial score (nSPS) is 17.6. The first-order valence-electron chi connectivity index (χ1n) is 7.32. The van der Waals surface area contributed by atoms with Crippen LogP contribution in [-0.4, -0.2) is 35.1 Å². The van der Waals surface area contributed by atoms with Crippen LogP contribution < -0.4 is 10.6 Å². The maximum absolute atomic E-state index is 11.6. The Morgan fingerprint density at radius 3 is 2.86 bits per heavy atom.